The summed E-state index contributed by atoms with van der Waals surface area (Å²) in [5.41, 5.74) is 2.76. The summed E-state index contributed by atoms with van der Waals surface area (Å²) < 4.78 is 34.9. The fourth-order valence-electron chi connectivity index (χ4n) is 4.54. The van der Waals surface area contributed by atoms with E-state index < -0.39 is 16.1 Å². The minimum absolute atomic E-state index is 0.0542. The second-order valence-electron chi connectivity index (χ2n) is 10.2. The molecule has 1 aliphatic heterocycles. The zero-order chi connectivity index (χ0) is 27.8. The van der Waals surface area contributed by atoms with Crippen molar-refractivity contribution in [2.24, 2.45) is 5.92 Å². The number of fused-ring (bicyclic) bond motifs is 1. The van der Waals surface area contributed by atoms with Gasteiger partial charge in [0.15, 0.2) is 0 Å². The van der Waals surface area contributed by atoms with Crippen LogP contribution in [0.2, 0.25) is 5.02 Å². The number of rotatable bonds is 12. The Balaban J connectivity index is 1.44. The zero-order valence-electron chi connectivity index (χ0n) is 22.3. The van der Waals surface area contributed by atoms with Crippen LogP contribution < -0.4 is 20.1 Å². The van der Waals surface area contributed by atoms with Crippen LogP contribution in [0.25, 0.3) is 0 Å². The molecule has 3 aromatic carbocycles. The van der Waals surface area contributed by atoms with E-state index in [0.717, 1.165) is 36.4 Å². The summed E-state index contributed by atoms with van der Waals surface area (Å²) in [6.07, 6.45) is 1.70. The third-order valence-corrected chi connectivity index (χ3v) is 8.43. The van der Waals surface area contributed by atoms with E-state index in [1.807, 2.05) is 42.5 Å². The van der Waals surface area contributed by atoms with Crippen LogP contribution in [0, 0.1) is 5.92 Å². The highest BCUT2D eigenvalue weighted by Crippen LogP contribution is 2.33. The molecule has 39 heavy (non-hydrogen) atoms. The summed E-state index contributed by atoms with van der Waals surface area (Å²) >= 11 is 5.93. The fraction of sp³-hybridized carbons (Fsp3) is 0.367. The third-order valence-electron chi connectivity index (χ3n) is 6.69. The van der Waals surface area contributed by atoms with Crippen LogP contribution in [-0.2, 0) is 21.4 Å². The van der Waals surface area contributed by atoms with Crippen molar-refractivity contribution in [3.8, 4) is 5.75 Å². The maximum Gasteiger partial charge on any atom is 0.241 e. The van der Waals surface area contributed by atoms with Crippen molar-refractivity contribution in [2.75, 3.05) is 13.2 Å². The monoisotopic (exact) mass is 569 g/mol. The Hall–Kier alpha value is -2.91. The number of nitrogens with one attached hydrogen (secondary N) is 3. The molecule has 1 amide bonds. The maximum atomic E-state index is 13.3. The average molecular weight is 570 g/mol. The topological polar surface area (TPSA) is 96.5 Å². The van der Waals surface area contributed by atoms with Crippen molar-refractivity contribution >= 4 is 27.5 Å². The largest absolute Gasteiger partial charge is 0.493 e. The fourth-order valence-corrected chi connectivity index (χ4v) is 5.89. The lowest BCUT2D eigenvalue weighted by atomic mass is 9.98. The number of amides is 1. The van der Waals surface area contributed by atoms with E-state index in [0.29, 0.717) is 29.5 Å². The van der Waals surface area contributed by atoms with Gasteiger partial charge in [-0.3, -0.25) is 4.79 Å². The van der Waals surface area contributed by atoms with Gasteiger partial charge in [-0.25, -0.2) is 13.1 Å². The highest BCUT2D eigenvalue weighted by atomic mass is 35.5. The second-order valence-corrected chi connectivity index (χ2v) is 12.4. The van der Waals surface area contributed by atoms with Gasteiger partial charge in [0.2, 0.25) is 15.9 Å². The molecule has 0 aliphatic carbocycles. The van der Waals surface area contributed by atoms with Gasteiger partial charge in [-0.1, -0.05) is 67.9 Å². The van der Waals surface area contributed by atoms with E-state index in [-0.39, 0.29) is 23.3 Å². The van der Waals surface area contributed by atoms with Crippen LogP contribution >= 0.6 is 11.6 Å². The zero-order valence-corrected chi connectivity index (χ0v) is 23.9. The summed E-state index contributed by atoms with van der Waals surface area (Å²) in [4.78, 5) is 13.3. The standard InChI is InChI=1S/C30H36ClN3O4S/c1-21(2)14-16-32-20-22-8-13-26-27(15-17-38-29(26)18-22)33-30(35)19-28(23-6-4-3-5-7-23)34-39(36,37)25-11-9-24(31)10-12-25/h3-13,18,21,27-28,32,34H,14-17,19-20H2,1-2H3,(H,33,35). The minimum Gasteiger partial charge on any atom is -0.493 e. The number of carbonyl (C=O) groups excluding carboxylic acids is 1. The molecule has 0 fully saturated rings. The predicted molar refractivity (Wildman–Crippen MR) is 154 cm³/mol. The molecule has 1 aliphatic rings. The van der Waals surface area contributed by atoms with Gasteiger partial charge in [-0.2, -0.15) is 0 Å². The molecule has 7 nitrogen and oxygen atoms in total. The minimum atomic E-state index is -3.89. The normalized spacial score (nSPS) is 15.8. The molecule has 208 valence electrons. The predicted octanol–water partition coefficient (Wildman–Crippen LogP) is 5.53. The van der Waals surface area contributed by atoms with Crippen LogP contribution in [0.1, 0.15) is 61.9 Å². The lowest BCUT2D eigenvalue weighted by Gasteiger charge is -2.28. The molecule has 2 atom stereocenters. The van der Waals surface area contributed by atoms with Crippen molar-refractivity contribution in [1.29, 1.82) is 0 Å². The molecule has 9 heteroatoms. The molecule has 0 bridgehead atoms. The first-order chi connectivity index (χ1) is 18.7. The molecular formula is C30H36ClN3O4S. The number of halogens is 1. The second kappa shape index (κ2) is 13.4. The number of carbonyl (C=O) groups is 1. The summed E-state index contributed by atoms with van der Waals surface area (Å²) in [5.74, 6) is 1.18. The Kier molecular flexibility index (Phi) is 10.0. The summed E-state index contributed by atoms with van der Waals surface area (Å²) in [6.45, 7) is 6.62. The molecule has 0 radical (unpaired) electrons. The van der Waals surface area contributed by atoms with Gasteiger partial charge in [0.05, 0.1) is 23.6 Å². The van der Waals surface area contributed by atoms with Gasteiger partial charge in [0, 0.05) is 30.0 Å². The molecule has 2 unspecified atom stereocenters. The van der Waals surface area contributed by atoms with E-state index in [9.17, 15) is 13.2 Å². The van der Waals surface area contributed by atoms with E-state index in [1.54, 1.807) is 0 Å². The highest BCUT2D eigenvalue weighted by Gasteiger charge is 2.27. The van der Waals surface area contributed by atoms with Crippen molar-refractivity contribution in [3.63, 3.8) is 0 Å². The van der Waals surface area contributed by atoms with Crippen molar-refractivity contribution in [3.05, 3.63) is 94.5 Å². The summed E-state index contributed by atoms with van der Waals surface area (Å²) in [5, 5.41) is 7.01. The van der Waals surface area contributed by atoms with Crippen LogP contribution in [0.5, 0.6) is 5.75 Å². The van der Waals surface area contributed by atoms with Gasteiger partial charge in [-0.15, -0.1) is 0 Å². The van der Waals surface area contributed by atoms with Crippen molar-refractivity contribution < 1.29 is 17.9 Å². The molecule has 0 saturated carbocycles. The molecule has 0 spiro atoms. The van der Waals surface area contributed by atoms with E-state index in [4.69, 9.17) is 16.3 Å². The molecular weight excluding hydrogens is 534 g/mol. The first-order valence-corrected chi connectivity index (χ1v) is 15.2. The molecule has 0 saturated heterocycles. The molecule has 1 heterocycles. The van der Waals surface area contributed by atoms with E-state index in [2.05, 4.69) is 35.3 Å². The maximum absolute atomic E-state index is 13.3. The lowest BCUT2D eigenvalue weighted by molar-refractivity contribution is -0.122. The lowest BCUT2D eigenvalue weighted by Crippen LogP contribution is -2.36. The Morgan fingerprint density at radius 1 is 1.05 bits per heavy atom. The van der Waals surface area contributed by atoms with Crippen LogP contribution in [0.15, 0.2) is 77.7 Å². The van der Waals surface area contributed by atoms with E-state index in [1.165, 1.54) is 24.3 Å². The van der Waals surface area contributed by atoms with Crippen LogP contribution in [0.4, 0.5) is 0 Å². The summed E-state index contributed by atoms with van der Waals surface area (Å²) in [6, 6.07) is 20.2. The number of hydrogen-bond acceptors (Lipinski definition) is 5. The van der Waals surface area contributed by atoms with Crippen LogP contribution in [-0.4, -0.2) is 27.5 Å². The number of ether oxygens (including phenoxy) is 1. The Bertz CT molecular complexity index is 1350. The number of sulfonamides is 1. The van der Waals surface area contributed by atoms with E-state index >= 15 is 0 Å². The SMILES string of the molecule is CC(C)CCNCc1ccc2c(c1)OCCC2NC(=O)CC(NS(=O)(=O)c1ccc(Cl)cc1)c1ccccc1. The van der Waals surface area contributed by atoms with Gasteiger partial charge < -0.3 is 15.4 Å². The van der Waals surface area contributed by atoms with Gasteiger partial charge >= 0.3 is 0 Å². The Morgan fingerprint density at radius 3 is 2.51 bits per heavy atom. The number of benzene rings is 3. The smallest absolute Gasteiger partial charge is 0.241 e. The Labute approximate surface area is 236 Å². The first-order valence-electron chi connectivity index (χ1n) is 13.3. The third kappa shape index (κ3) is 8.29. The van der Waals surface area contributed by atoms with Crippen LogP contribution in [0.3, 0.4) is 0 Å². The highest BCUT2D eigenvalue weighted by molar-refractivity contribution is 7.89. The Morgan fingerprint density at radius 2 is 1.79 bits per heavy atom. The summed E-state index contributed by atoms with van der Waals surface area (Å²) in [7, 11) is -3.89. The quantitative estimate of drug-likeness (QED) is 0.249. The average Bonchev–Trinajstić information content (AvgIpc) is 2.91. The van der Waals surface area contributed by atoms with Gasteiger partial charge in [-0.05, 0) is 60.3 Å². The van der Waals surface area contributed by atoms with Crippen molar-refractivity contribution in [1.82, 2.24) is 15.4 Å². The van der Waals surface area contributed by atoms with Gasteiger partial charge in [0.25, 0.3) is 0 Å². The molecule has 3 N–H and O–H groups in total. The number of hydrogen-bond donors (Lipinski definition) is 3. The first kappa shape index (κ1) is 29.1. The van der Waals surface area contributed by atoms with Crippen molar-refractivity contribution in [2.45, 2.75) is 56.6 Å². The molecule has 3 aromatic rings. The molecule has 4 rings (SSSR count). The van der Waals surface area contributed by atoms with Gasteiger partial charge in [0.1, 0.15) is 5.75 Å². The molecule has 0 aromatic heterocycles.